The predicted octanol–water partition coefficient (Wildman–Crippen LogP) is 1.13. The Bertz CT molecular complexity index is 822. The van der Waals surface area contributed by atoms with Gasteiger partial charge in [0.05, 0.1) is 12.2 Å². The number of nitrogens with zero attached hydrogens (tertiary/aromatic N) is 2. The number of carbonyl (C=O) groups excluding carboxylic acids is 2. The van der Waals surface area contributed by atoms with E-state index < -0.39 is 10.0 Å². The predicted molar refractivity (Wildman–Crippen MR) is 107 cm³/mol. The number of benzene rings is 1. The first-order valence-corrected chi connectivity index (χ1v) is 11.7. The molecule has 0 unspecified atom stereocenters. The van der Waals surface area contributed by atoms with Crippen molar-refractivity contribution < 1.29 is 18.0 Å². The van der Waals surface area contributed by atoms with Crippen LogP contribution in [0.5, 0.6) is 0 Å². The standard InChI is InChI=1S/C20H29N3O4S/c1-15-5-7-16(8-6-15)12-23-14-18(10-19(23)24)20(25)22-9-3-4-17(13-22)11-21-28(2,26)27/h5-8,17-18,21H,3-4,9-14H2,1-2H3/t17-,18+/m0/s1. The molecule has 8 heteroatoms. The Balaban J connectivity index is 1.55. The van der Waals surface area contributed by atoms with E-state index in [0.717, 1.165) is 24.7 Å². The number of rotatable bonds is 6. The Kier molecular flexibility index (Phi) is 6.40. The zero-order valence-corrected chi connectivity index (χ0v) is 17.4. The first-order valence-electron chi connectivity index (χ1n) is 9.78. The fourth-order valence-corrected chi connectivity index (χ4v) is 4.50. The molecule has 0 aliphatic carbocycles. The topological polar surface area (TPSA) is 86.8 Å². The smallest absolute Gasteiger partial charge is 0.228 e. The largest absolute Gasteiger partial charge is 0.342 e. The van der Waals surface area contributed by atoms with Crippen LogP contribution in [0.1, 0.15) is 30.4 Å². The van der Waals surface area contributed by atoms with E-state index >= 15 is 0 Å². The van der Waals surface area contributed by atoms with Crippen molar-refractivity contribution in [2.75, 3.05) is 32.4 Å². The van der Waals surface area contributed by atoms with E-state index in [1.54, 1.807) is 4.90 Å². The molecule has 1 aromatic carbocycles. The van der Waals surface area contributed by atoms with Gasteiger partial charge in [-0.25, -0.2) is 13.1 Å². The van der Waals surface area contributed by atoms with E-state index in [1.165, 1.54) is 5.56 Å². The van der Waals surface area contributed by atoms with Gasteiger partial charge in [-0.1, -0.05) is 29.8 Å². The molecule has 0 bridgehead atoms. The van der Waals surface area contributed by atoms with Crippen molar-refractivity contribution in [3.8, 4) is 0 Å². The Morgan fingerprint density at radius 3 is 2.61 bits per heavy atom. The highest BCUT2D eigenvalue weighted by molar-refractivity contribution is 7.88. The van der Waals surface area contributed by atoms with Crippen LogP contribution in [0.25, 0.3) is 0 Å². The van der Waals surface area contributed by atoms with Crippen molar-refractivity contribution in [2.45, 2.75) is 32.7 Å². The van der Waals surface area contributed by atoms with E-state index in [0.29, 0.717) is 32.7 Å². The number of aryl methyl sites for hydroxylation is 1. The van der Waals surface area contributed by atoms with Crippen LogP contribution >= 0.6 is 0 Å². The minimum atomic E-state index is -3.23. The third-order valence-corrected chi connectivity index (χ3v) is 6.21. The lowest BCUT2D eigenvalue weighted by Crippen LogP contribution is -2.46. The highest BCUT2D eigenvalue weighted by atomic mass is 32.2. The van der Waals surface area contributed by atoms with E-state index in [-0.39, 0.29) is 30.1 Å². The molecular formula is C20H29N3O4S. The number of sulfonamides is 1. The molecule has 7 nitrogen and oxygen atoms in total. The summed E-state index contributed by atoms with van der Waals surface area (Å²) in [5.74, 6) is -0.150. The van der Waals surface area contributed by atoms with Crippen LogP contribution in [0.2, 0.25) is 0 Å². The quantitative estimate of drug-likeness (QED) is 0.766. The summed E-state index contributed by atoms with van der Waals surface area (Å²) in [5.41, 5.74) is 2.24. The number of hydrogen-bond donors (Lipinski definition) is 1. The van der Waals surface area contributed by atoms with Gasteiger partial charge >= 0.3 is 0 Å². The van der Waals surface area contributed by atoms with Crippen molar-refractivity contribution in [1.29, 1.82) is 0 Å². The van der Waals surface area contributed by atoms with Crippen molar-refractivity contribution in [3.05, 3.63) is 35.4 Å². The number of amides is 2. The lowest BCUT2D eigenvalue weighted by atomic mass is 9.96. The molecule has 0 saturated carbocycles. The second-order valence-corrected chi connectivity index (χ2v) is 9.91. The summed E-state index contributed by atoms with van der Waals surface area (Å²) in [4.78, 5) is 28.9. The van der Waals surface area contributed by atoms with Crippen molar-refractivity contribution in [1.82, 2.24) is 14.5 Å². The third kappa shape index (κ3) is 5.54. The van der Waals surface area contributed by atoms with Gasteiger partial charge in [-0.3, -0.25) is 9.59 Å². The van der Waals surface area contributed by atoms with Gasteiger partial charge in [0.25, 0.3) is 0 Å². The van der Waals surface area contributed by atoms with Gasteiger partial charge in [0.2, 0.25) is 21.8 Å². The fraction of sp³-hybridized carbons (Fsp3) is 0.600. The van der Waals surface area contributed by atoms with Crippen LogP contribution in [0.4, 0.5) is 0 Å². The van der Waals surface area contributed by atoms with Crippen LogP contribution in [0.3, 0.4) is 0 Å². The number of hydrogen-bond acceptors (Lipinski definition) is 4. The van der Waals surface area contributed by atoms with Gasteiger partial charge in [0, 0.05) is 39.1 Å². The Morgan fingerprint density at radius 2 is 1.93 bits per heavy atom. The number of nitrogens with one attached hydrogen (secondary N) is 1. The van der Waals surface area contributed by atoms with Gasteiger partial charge in [-0.2, -0.15) is 0 Å². The van der Waals surface area contributed by atoms with Gasteiger partial charge < -0.3 is 9.80 Å². The molecule has 0 spiro atoms. The van der Waals surface area contributed by atoms with E-state index in [1.807, 2.05) is 36.1 Å². The maximum atomic E-state index is 12.9. The fourth-order valence-electron chi connectivity index (χ4n) is 3.96. The summed E-state index contributed by atoms with van der Waals surface area (Å²) in [6.07, 6.45) is 3.16. The first kappa shape index (κ1) is 20.8. The SMILES string of the molecule is Cc1ccc(CN2C[C@H](C(=O)N3CCC[C@@H](CNS(C)(=O)=O)C3)CC2=O)cc1. The summed E-state index contributed by atoms with van der Waals surface area (Å²) < 4.78 is 25.1. The third-order valence-electron chi connectivity index (χ3n) is 5.52. The number of likely N-dealkylation sites (tertiary alicyclic amines) is 2. The van der Waals surface area contributed by atoms with Crippen LogP contribution in [-0.4, -0.2) is 62.5 Å². The summed E-state index contributed by atoms with van der Waals surface area (Å²) >= 11 is 0. The molecular weight excluding hydrogens is 378 g/mol. The maximum absolute atomic E-state index is 12.9. The average Bonchev–Trinajstić information content (AvgIpc) is 3.01. The molecule has 2 heterocycles. The molecule has 0 radical (unpaired) electrons. The van der Waals surface area contributed by atoms with E-state index in [4.69, 9.17) is 0 Å². The van der Waals surface area contributed by atoms with E-state index in [9.17, 15) is 18.0 Å². The van der Waals surface area contributed by atoms with Crippen LogP contribution in [0, 0.1) is 18.8 Å². The van der Waals surface area contributed by atoms with Crippen LogP contribution in [0.15, 0.2) is 24.3 Å². The second kappa shape index (κ2) is 8.61. The molecule has 2 amide bonds. The maximum Gasteiger partial charge on any atom is 0.228 e. The molecule has 2 aliphatic rings. The summed E-state index contributed by atoms with van der Waals surface area (Å²) in [5, 5.41) is 0. The zero-order chi connectivity index (χ0) is 20.3. The summed E-state index contributed by atoms with van der Waals surface area (Å²) in [7, 11) is -3.23. The zero-order valence-electron chi connectivity index (χ0n) is 16.6. The first-order chi connectivity index (χ1) is 13.2. The highest BCUT2D eigenvalue weighted by Gasteiger charge is 2.37. The molecule has 2 atom stereocenters. The molecule has 2 aliphatic heterocycles. The Hall–Kier alpha value is -1.93. The average molecular weight is 408 g/mol. The summed E-state index contributed by atoms with van der Waals surface area (Å²) in [6.45, 7) is 4.58. The second-order valence-electron chi connectivity index (χ2n) is 8.07. The minimum absolute atomic E-state index is 0.0174. The van der Waals surface area contributed by atoms with Crippen molar-refractivity contribution in [3.63, 3.8) is 0 Å². The molecule has 28 heavy (non-hydrogen) atoms. The molecule has 0 aromatic heterocycles. The van der Waals surface area contributed by atoms with Gasteiger partial charge in [0.15, 0.2) is 0 Å². The lowest BCUT2D eigenvalue weighted by Gasteiger charge is -2.34. The van der Waals surface area contributed by atoms with Crippen LogP contribution in [-0.2, 0) is 26.2 Å². The van der Waals surface area contributed by atoms with Crippen molar-refractivity contribution >= 4 is 21.8 Å². The normalized spacial score (nSPS) is 23.3. The van der Waals surface area contributed by atoms with Crippen molar-refractivity contribution in [2.24, 2.45) is 11.8 Å². The highest BCUT2D eigenvalue weighted by Crippen LogP contribution is 2.25. The lowest BCUT2D eigenvalue weighted by molar-refractivity contribution is -0.137. The minimum Gasteiger partial charge on any atom is -0.342 e. The summed E-state index contributed by atoms with van der Waals surface area (Å²) in [6, 6.07) is 8.08. The molecule has 154 valence electrons. The van der Waals surface area contributed by atoms with Crippen LogP contribution < -0.4 is 4.72 Å². The van der Waals surface area contributed by atoms with Gasteiger partial charge in [-0.15, -0.1) is 0 Å². The molecule has 2 fully saturated rings. The molecule has 2 saturated heterocycles. The molecule has 1 aromatic rings. The van der Waals surface area contributed by atoms with E-state index in [2.05, 4.69) is 4.72 Å². The Labute approximate surface area is 167 Å². The monoisotopic (exact) mass is 407 g/mol. The number of carbonyl (C=O) groups is 2. The molecule has 1 N–H and O–H groups in total. The van der Waals surface area contributed by atoms with Gasteiger partial charge in [-0.05, 0) is 31.2 Å². The Morgan fingerprint density at radius 1 is 1.21 bits per heavy atom. The van der Waals surface area contributed by atoms with Gasteiger partial charge in [0.1, 0.15) is 0 Å². The molecule has 3 rings (SSSR count). The number of piperidine rings is 1.